The number of rotatable bonds is 13. The summed E-state index contributed by atoms with van der Waals surface area (Å²) in [7, 11) is 0. The van der Waals surface area contributed by atoms with Crippen molar-refractivity contribution in [1.82, 2.24) is 73.7 Å². The highest BCUT2D eigenvalue weighted by atomic mass is 35.5. The molecule has 1 aromatic carbocycles. The number of pyridine rings is 6. The van der Waals surface area contributed by atoms with Crippen molar-refractivity contribution in [2.24, 2.45) is 0 Å². The molecule has 1 amide bonds. The highest BCUT2D eigenvalue weighted by Gasteiger charge is 2.19. The molecule has 0 atom stereocenters. The Labute approximate surface area is 504 Å². The number of carbonyl (C=O) groups excluding carboxylic acids is 1. The zero-order chi connectivity index (χ0) is 61.7. The van der Waals surface area contributed by atoms with E-state index in [0.717, 1.165) is 0 Å². The van der Waals surface area contributed by atoms with E-state index in [4.69, 9.17) is 33.7 Å². The molecule has 0 saturated heterocycles. The number of aromatic nitrogens is 15. The molecule has 12 heterocycles. The zero-order valence-electron chi connectivity index (χ0n) is 45.3. The Morgan fingerprint density at radius 1 is 0.489 bits per heavy atom. The lowest BCUT2D eigenvalue weighted by Gasteiger charge is -2.11. The van der Waals surface area contributed by atoms with Gasteiger partial charge in [-0.05, 0) is 115 Å². The van der Waals surface area contributed by atoms with Crippen molar-refractivity contribution in [3.63, 3.8) is 0 Å². The van der Waals surface area contributed by atoms with Crippen molar-refractivity contribution >= 4 is 80.2 Å². The normalized spacial score (nSPS) is 11.0. The van der Waals surface area contributed by atoms with Gasteiger partial charge in [-0.15, -0.1) is 15.3 Å². The molecule has 442 valence electrons. The molecule has 0 aliphatic carbocycles. The zero-order valence-corrected chi connectivity index (χ0v) is 46.8. The Bertz CT molecular complexity index is 4520. The molecule has 0 unspecified atom stereocenters. The first-order chi connectivity index (χ1) is 42.6. The SMILES string of the molecule is CC(=O)Nc1cc(Nc2nc(-c3cccc(C(F)F)n3)nn3cccc23)ccn1.FC(F)c1cccc(-c2nc(Nc3ccnc(Cl)c3)c3cccn3n2)n1.FC(F)c1cccc(-c2nc(Oc3ccccc3)c3cccn3n2)n1.Nc1ccnc(Cl)c1. The molecule has 0 saturated carbocycles. The lowest BCUT2D eigenvalue weighted by Crippen LogP contribution is -2.08. The molecule has 0 spiro atoms. The number of nitrogens with zero attached hydrogens (tertiary/aromatic N) is 15. The maximum atomic E-state index is 13.0. The molecule has 0 fully saturated rings. The summed E-state index contributed by atoms with van der Waals surface area (Å²) in [4.78, 5) is 48.1. The van der Waals surface area contributed by atoms with Crippen LogP contribution in [-0.2, 0) is 4.79 Å². The van der Waals surface area contributed by atoms with Crippen molar-refractivity contribution < 1.29 is 35.9 Å². The Hall–Kier alpha value is -11.2. The number of nitrogens with two attached hydrogens (primary N) is 1. The van der Waals surface area contributed by atoms with E-state index in [1.165, 1.54) is 43.3 Å². The summed E-state index contributed by atoms with van der Waals surface area (Å²) in [5.74, 6) is 2.64. The minimum atomic E-state index is -2.69. The molecule has 0 aliphatic heterocycles. The monoisotopic (exact) mass is 1230 g/mol. The number of benzene rings is 1. The van der Waals surface area contributed by atoms with Gasteiger partial charge in [-0.2, -0.15) is 4.98 Å². The van der Waals surface area contributed by atoms with E-state index >= 15 is 0 Å². The fourth-order valence-corrected chi connectivity index (χ4v) is 8.34. The van der Waals surface area contributed by atoms with Crippen molar-refractivity contribution in [2.75, 3.05) is 21.7 Å². The number of ether oxygens (including phenoxy) is 1. The number of hydrogen-bond donors (Lipinski definition) is 4. The number of para-hydroxylation sites is 1. The summed E-state index contributed by atoms with van der Waals surface area (Å²) in [5, 5.41) is 22.7. The predicted octanol–water partition coefficient (Wildman–Crippen LogP) is 14.2. The number of anilines is 6. The molecule has 5 N–H and O–H groups in total. The van der Waals surface area contributed by atoms with E-state index in [1.54, 1.807) is 130 Å². The van der Waals surface area contributed by atoms with Crippen molar-refractivity contribution in [3.8, 4) is 46.2 Å². The van der Waals surface area contributed by atoms with Crippen LogP contribution in [0.25, 0.3) is 51.1 Å². The maximum Gasteiger partial charge on any atom is 0.280 e. The molecular weight excluding hydrogens is 1190 g/mol. The third-order valence-electron chi connectivity index (χ3n) is 11.8. The van der Waals surface area contributed by atoms with Gasteiger partial charge in [-0.3, -0.25) is 4.79 Å². The largest absolute Gasteiger partial charge is 0.437 e. The predicted molar refractivity (Wildman–Crippen MR) is 318 cm³/mol. The molecule has 13 aromatic rings. The van der Waals surface area contributed by atoms with Gasteiger partial charge in [0.05, 0.1) is 0 Å². The van der Waals surface area contributed by atoms with Gasteiger partial charge in [0, 0.05) is 67.2 Å². The number of halogens is 8. The topological polar surface area (TPSA) is 256 Å². The molecule has 0 aliphatic rings. The first-order valence-corrected chi connectivity index (χ1v) is 26.7. The first kappa shape index (κ1) is 60.0. The van der Waals surface area contributed by atoms with Crippen LogP contribution >= 0.6 is 23.2 Å². The summed E-state index contributed by atoms with van der Waals surface area (Å²) < 4.78 is 88.3. The average molecular weight is 1240 g/mol. The second kappa shape index (κ2) is 27.7. The fraction of sp³-hybridized carbons (Fsp3) is 0.0678. The second-order valence-electron chi connectivity index (χ2n) is 18.1. The number of alkyl halides is 6. The van der Waals surface area contributed by atoms with E-state index in [-0.39, 0.29) is 57.5 Å². The van der Waals surface area contributed by atoms with Crippen LogP contribution in [0.2, 0.25) is 10.3 Å². The maximum absolute atomic E-state index is 13.0. The summed E-state index contributed by atoms with van der Waals surface area (Å²) in [5.41, 5.74) is 9.11. The van der Waals surface area contributed by atoms with E-state index in [9.17, 15) is 31.1 Å². The number of amides is 1. The fourth-order valence-electron chi connectivity index (χ4n) is 7.98. The van der Waals surface area contributed by atoms with Crippen LogP contribution in [0.4, 0.5) is 60.9 Å². The quantitative estimate of drug-likeness (QED) is 0.0618. The third kappa shape index (κ3) is 15.4. The van der Waals surface area contributed by atoms with E-state index in [1.807, 2.05) is 42.5 Å². The lowest BCUT2D eigenvalue weighted by molar-refractivity contribution is -0.114. The average Bonchev–Trinajstić information content (AvgIpc) is 3.96. The minimum Gasteiger partial charge on any atom is -0.437 e. The number of hydrogen-bond acceptors (Lipinski definition) is 17. The van der Waals surface area contributed by atoms with Crippen LogP contribution in [0.3, 0.4) is 0 Å². The number of nitrogens with one attached hydrogen (secondary N) is 3. The Balaban J connectivity index is 0.000000137. The van der Waals surface area contributed by atoms with E-state index < -0.39 is 19.3 Å². The summed E-state index contributed by atoms with van der Waals surface area (Å²) in [6.45, 7) is 1.39. The highest BCUT2D eigenvalue weighted by molar-refractivity contribution is 6.29. The van der Waals surface area contributed by atoms with Gasteiger partial charge in [-0.1, -0.05) is 59.6 Å². The molecular formula is C59H43Cl2F6N19O2. The molecule has 0 bridgehead atoms. The van der Waals surface area contributed by atoms with Gasteiger partial charge in [0.2, 0.25) is 29.3 Å². The van der Waals surface area contributed by atoms with Gasteiger partial charge in [0.25, 0.3) is 19.3 Å². The van der Waals surface area contributed by atoms with Crippen LogP contribution in [0.15, 0.2) is 195 Å². The van der Waals surface area contributed by atoms with E-state index in [2.05, 4.69) is 76.1 Å². The van der Waals surface area contributed by atoms with Gasteiger partial charge >= 0.3 is 0 Å². The van der Waals surface area contributed by atoms with E-state index in [0.29, 0.717) is 73.0 Å². The van der Waals surface area contributed by atoms with Crippen molar-refractivity contribution in [1.29, 1.82) is 0 Å². The Morgan fingerprint density at radius 3 is 1.39 bits per heavy atom. The number of carbonyl (C=O) groups is 1. The minimum absolute atomic E-state index is 0.190. The Kier molecular flexibility index (Phi) is 18.9. The van der Waals surface area contributed by atoms with Gasteiger partial charge in [-0.25, -0.2) is 79.8 Å². The highest BCUT2D eigenvalue weighted by Crippen LogP contribution is 2.30. The van der Waals surface area contributed by atoms with Crippen molar-refractivity contribution in [3.05, 3.63) is 222 Å². The first-order valence-electron chi connectivity index (χ1n) is 25.9. The second-order valence-corrected chi connectivity index (χ2v) is 18.9. The standard InChI is InChI=1S/C19H15F2N7O.C18H12F2N4O.C17H11ClF2N6.C5H5ClN2/c1-11(29)23-16-10-12(7-8-22-16)24-19-15-6-3-9-28(15)27-18(26-19)14-5-2-4-13(25-14)17(20)21;19-16(20)13-8-4-9-14(21-13)17-22-18(15-10-5-11-24(15)23-17)25-12-6-2-1-3-7-12;18-14-9-10(6-7-21-14)22-17-13-5-2-8-26(13)25-16(24-17)12-4-1-3-11(23-12)15(19)20;6-5-3-4(7)1-2-8-5/h2-10,17H,1H3,(H2,22,23,24,26,27,29);1-11,16H;1-9,15H,(H,21,22,24,25);1-3H,(H2,7,8). The van der Waals surface area contributed by atoms with Gasteiger partial charge in [0.15, 0.2) is 11.6 Å². The van der Waals surface area contributed by atoms with Crippen LogP contribution in [0.5, 0.6) is 11.6 Å². The number of nitrogen functional groups attached to an aromatic ring is 1. The van der Waals surface area contributed by atoms with Gasteiger partial charge in [0.1, 0.15) is 72.6 Å². The van der Waals surface area contributed by atoms with Crippen LogP contribution < -0.4 is 26.4 Å². The summed E-state index contributed by atoms with van der Waals surface area (Å²) >= 11 is 11.4. The molecule has 29 heteroatoms. The van der Waals surface area contributed by atoms with Crippen LogP contribution in [0.1, 0.15) is 43.3 Å². The summed E-state index contributed by atoms with van der Waals surface area (Å²) in [6, 6.07) is 43.1. The Morgan fingerprint density at radius 2 is 0.932 bits per heavy atom. The van der Waals surface area contributed by atoms with Gasteiger partial charge < -0.3 is 26.4 Å². The molecule has 12 aromatic heterocycles. The molecule has 13 rings (SSSR count). The molecule has 0 radical (unpaired) electrons. The smallest absolute Gasteiger partial charge is 0.280 e. The molecule has 88 heavy (non-hydrogen) atoms. The van der Waals surface area contributed by atoms with Crippen LogP contribution in [0, 0.1) is 0 Å². The van der Waals surface area contributed by atoms with Crippen LogP contribution in [-0.4, -0.2) is 79.6 Å². The van der Waals surface area contributed by atoms with Crippen molar-refractivity contribution in [2.45, 2.75) is 26.2 Å². The summed E-state index contributed by atoms with van der Waals surface area (Å²) in [6.07, 6.45) is 1.85. The lowest BCUT2D eigenvalue weighted by atomic mass is 10.3. The molecule has 21 nitrogen and oxygen atoms in total. The third-order valence-corrected chi connectivity index (χ3v) is 12.2. The number of fused-ring (bicyclic) bond motifs is 3.